The van der Waals surface area contributed by atoms with E-state index >= 15 is 0 Å². The summed E-state index contributed by atoms with van der Waals surface area (Å²) in [5, 5.41) is 61.4. The van der Waals surface area contributed by atoms with Crippen molar-refractivity contribution in [2.24, 2.45) is 17.8 Å². The van der Waals surface area contributed by atoms with Gasteiger partial charge in [0.1, 0.15) is 23.9 Å². The average molecular weight is 719 g/mol. The first-order chi connectivity index (χ1) is 23.1. The fourth-order valence-corrected chi connectivity index (χ4v) is 8.68. The predicted octanol–water partition coefficient (Wildman–Crippen LogP) is 1.97. The fraction of sp³-hybridized carbons (Fsp3) is 0.973. The van der Waals surface area contributed by atoms with E-state index in [2.05, 4.69) is 5.32 Å². The maximum absolute atomic E-state index is 14.1. The van der Waals surface area contributed by atoms with E-state index in [4.69, 9.17) is 23.7 Å². The molecule has 3 fully saturated rings. The number of carbonyl (C=O) groups is 1. The first-order valence-corrected chi connectivity index (χ1v) is 18.7. The summed E-state index contributed by atoms with van der Waals surface area (Å²) in [6, 6.07) is -1.23. The molecule has 0 spiro atoms. The largest absolute Gasteiger partial charge is 0.459 e. The van der Waals surface area contributed by atoms with Crippen LogP contribution in [0.5, 0.6) is 0 Å². The minimum Gasteiger partial charge on any atom is -0.459 e. The number of rotatable bonds is 7. The lowest BCUT2D eigenvalue weighted by molar-refractivity contribution is -0.298. The number of hydrogen-bond donors (Lipinski definition) is 6. The van der Waals surface area contributed by atoms with Gasteiger partial charge in [-0.3, -0.25) is 9.69 Å². The zero-order valence-electron chi connectivity index (χ0n) is 32.8. The minimum absolute atomic E-state index is 0.166. The molecule has 0 aromatic carbocycles. The van der Waals surface area contributed by atoms with Gasteiger partial charge in [0.05, 0.1) is 47.6 Å². The number of aliphatic hydroxyl groups is 5. The molecule has 0 amide bonds. The summed E-state index contributed by atoms with van der Waals surface area (Å²) in [5.74, 6) is -2.63. The summed E-state index contributed by atoms with van der Waals surface area (Å²) in [4.78, 5) is 16.0. The molecule has 1 aliphatic carbocycles. The summed E-state index contributed by atoms with van der Waals surface area (Å²) in [6.45, 7) is 17.8. The molecule has 3 rings (SSSR count). The number of hydrogen-bond acceptors (Lipinski definition) is 13. The molecule has 0 bridgehead atoms. The molecule has 0 aromatic heterocycles. The standard InChI is InChI=1S/C37H70N2O11/c1-14-27-37(10,45)31(42)24(7)39(12)19(2)18-35(8,44)32(50-34-28(40)25(38-11)17-20(3)47-34)22(5)29(23(6)33(43)49-27)48-26-15-16-36(9,46-13)30(41)21(26)4/h19-32,34,38,40-42,44-45H,14-18H2,1-13H3/t19-,20-,21+,22+,23-,24-,25-,26-,27-,28-,29+,30-,31-,32-,34+,35-,36+,37-/m1/s1. The average Bonchev–Trinajstić information content (AvgIpc) is 3.06. The van der Waals surface area contributed by atoms with Crippen LogP contribution in [0.2, 0.25) is 0 Å². The number of nitrogens with one attached hydrogen (secondary N) is 1. The van der Waals surface area contributed by atoms with Gasteiger partial charge in [0.15, 0.2) is 6.29 Å². The highest BCUT2D eigenvalue weighted by Crippen LogP contribution is 2.41. The topological polar surface area (TPSA) is 180 Å². The number of nitrogens with zero attached hydrogens (tertiary/aromatic N) is 1. The third kappa shape index (κ3) is 9.03. The molecule has 0 radical (unpaired) electrons. The normalized spacial score (nSPS) is 50.8. The van der Waals surface area contributed by atoms with E-state index in [1.807, 2.05) is 46.6 Å². The van der Waals surface area contributed by atoms with Crippen LogP contribution in [0.1, 0.15) is 101 Å². The number of ether oxygens (including phenoxy) is 5. The molecular formula is C37H70N2O11. The van der Waals surface area contributed by atoms with Gasteiger partial charge in [0, 0.05) is 37.1 Å². The van der Waals surface area contributed by atoms with Crippen LogP contribution in [-0.2, 0) is 28.5 Å². The summed E-state index contributed by atoms with van der Waals surface area (Å²) < 4.78 is 31.4. The first-order valence-electron chi connectivity index (χ1n) is 18.7. The Kier molecular flexibility index (Phi) is 14.8. The highest BCUT2D eigenvalue weighted by atomic mass is 16.7. The molecule has 294 valence electrons. The van der Waals surface area contributed by atoms with E-state index in [0.717, 1.165) is 0 Å². The lowest BCUT2D eigenvalue weighted by Gasteiger charge is -2.50. The van der Waals surface area contributed by atoms with Crippen LogP contribution in [0.4, 0.5) is 0 Å². The van der Waals surface area contributed by atoms with E-state index in [1.54, 1.807) is 41.9 Å². The second-order valence-electron chi connectivity index (χ2n) is 16.5. The van der Waals surface area contributed by atoms with Crippen LogP contribution in [0.25, 0.3) is 0 Å². The number of esters is 1. The van der Waals surface area contributed by atoms with Crippen molar-refractivity contribution in [2.75, 3.05) is 21.2 Å². The summed E-state index contributed by atoms with van der Waals surface area (Å²) >= 11 is 0. The van der Waals surface area contributed by atoms with E-state index in [0.29, 0.717) is 19.3 Å². The van der Waals surface area contributed by atoms with Gasteiger partial charge < -0.3 is 54.5 Å². The quantitative estimate of drug-likeness (QED) is 0.211. The van der Waals surface area contributed by atoms with Crippen LogP contribution in [0.3, 0.4) is 0 Å². The second-order valence-corrected chi connectivity index (χ2v) is 16.5. The third-order valence-electron chi connectivity index (χ3n) is 12.6. The Morgan fingerprint density at radius 1 is 0.980 bits per heavy atom. The van der Waals surface area contributed by atoms with Gasteiger partial charge in [-0.2, -0.15) is 0 Å². The van der Waals surface area contributed by atoms with Crippen molar-refractivity contribution in [1.29, 1.82) is 0 Å². The third-order valence-corrected chi connectivity index (χ3v) is 12.6. The molecule has 0 aromatic rings. The number of likely N-dealkylation sites (N-methyl/N-ethyl adjacent to an activating group) is 2. The fourth-order valence-electron chi connectivity index (χ4n) is 8.68. The molecule has 13 nitrogen and oxygen atoms in total. The van der Waals surface area contributed by atoms with E-state index < -0.39 is 89.7 Å². The van der Waals surface area contributed by atoms with Crippen molar-refractivity contribution in [3.05, 3.63) is 0 Å². The van der Waals surface area contributed by atoms with Gasteiger partial charge in [0.25, 0.3) is 0 Å². The monoisotopic (exact) mass is 718 g/mol. The minimum atomic E-state index is -1.79. The molecule has 18 atom stereocenters. The van der Waals surface area contributed by atoms with Crippen molar-refractivity contribution in [1.82, 2.24) is 10.2 Å². The number of methoxy groups -OCH3 is 1. The predicted molar refractivity (Wildman–Crippen MR) is 188 cm³/mol. The Balaban J connectivity index is 2.16. The number of aliphatic hydroxyl groups excluding tert-OH is 3. The molecule has 13 heteroatoms. The van der Waals surface area contributed by atoms with Gasteiger partial charge in [-0.15, -0.1) is 0 Å². The SMILES string of the molecule is CC[C@H]1OC(=O)[C@H](C)[C@@H](O[C@@H]2CC[C@](C)(OC)[C@H](O)[C@H]2C)[C@H](C)[C@@H](O[C@@H]2O[C@H](C)C[C@@H](NC)[C@H]2O)[C@](C)(O)C[C@@H](C)N(C)[C@H](C)[C@@H](O)[C@]1(C)O. The Morgan fingerprint density at radius 2 is 1.60 bits per heavy atom. The lowest BCUT2D eigenvalue weighted by atomic mass is 9.74. The van der Waals surface area contributed by atoms with Gasteiger partial charge in [-0.25, -0.2) is 0 Å². The zero-order chi connectivity index (χ0) is 38.1. The summed E-state index contributed by atoms with van der Waals surface area (Å²) in [7, 11) is 5.16. The maximum atomic E-state index is 14.1. The number of carbonyl (C=O) groups excluding carboxylic acids is 1. The van der Waals surface area contributed by atoms with Gasteiger partial charge in [0.2, 0.25) is 0 Å². The lowest BCUT2D eigenvalue weighted by Crippen LogP contribution is -2.62. The first kappa shape index (κ1) is 43.4. The van der Waals surface area contributed by atoms with Gasteiger partial charge >= 0.3 is 5.97 Å². The smallest absolute Gasteiger partial charge is 0.311 e. The van der Waals surface area contributed by atoms with Crippen LogP contribution < -0.4 is 5.32 Å². The Bertz CT molecular complexity index is 1100. The van der Waals surface area contributed by atoms with E-state index in [-0.39, 0.29) is 36.9 Å². The van der Waals surface area contributed by atoms with Crippen molar-refractivity contribution in [2.45, 2.75) is 191 Å². The Morgan fingerprint density at radius 3 is 2.16 bits per heavy atom. The van der Waals surface area contributed by atoms with Crippen LogP contribution in [-0.4, -0.2) is 148 Å². The molecule has 6 N–H and O–H groups in total. The Labute approximate surface area is 300 Å². The van der Waals surface area contributed by atoms with Crippen molar-refractivity contribution < 1.29 is 54.0 Å². The molecule has 2 aliphatic heterocycles. The molecule has 3 aliphatic rings. The highest BCUT2D eigenvalue weighted by molar-refractivity contribution is 5.73. The van der Waals surface area contributed by atoms with Gasteiger partial charge in [-0.05, 0) is 94.7 Å². The second kappa shape index (κ2) is 17.0. The summed E-state index contributed by atoms with van der Waals surface area (Å²) in [6.07, 6.45) is -5.95. The summed E-state index contributed by atoms with van der Waals surface area (Å²) in [5.41, 5.74) is -4.13. The van der Waals surface area contributed by atoms with Crippen LogP contribution in [0, 0.1) is 17.8 Å². The van der Waals surface area contributed by atoms with Crippen molar-refractivity contribution in [3.8, 4) is 0 Å². The molecule has 50 heavy (non-hydrogen) atoms. The van der Waals surface area contributed by atoms with Crippen molar-refractivity contribution in [3.63, 3.8) is 0 Å². The molecule has 1 saturated carbocycles. The van der Waals surface area contributed by atoms with E-state index in [9.17, 15) is 30.3 Å². The molecule has 2 heterocycles. The highest BCUT2D eigenvalue weighted by Gasteiger charge is 2.53. The van der Waals surface area contributed by atoms with Crippen LogP contribution >= 0.6 is 0 Å². The van der Waals surface area contributed by atoms with E-state index in [1.165, 1.54) is 6.92 Å². The van der Waals surface area contributed by atoms with Crippen LogP contribution in [0.15, 0.2) is 0 Å². The molecule has 0 unspecified atom stereocenters. The molecule has 2 saturated heterocycles. The van der Waals surface area contributed by atoms with Crippen molar-refractivity contribution >= 4 is 5.97 Å². The Hall–Kier alpha value is -0.970. The van der Waals surface area contributed by atoms with Gasteiger partial charge in [-0.1, -0.05) is 20.8 Å². The maximum Gasteiger partial charge on any atom is 0.311 e. The molecular weight excluding hydrogens is 648 g/mol. The number of cyclic esters (lactones) is 1. The zero-order valence-corrected chi connectivity index (χ0v) is 32.8.